The minimum atomic E-state index is -1.72. The van der Waals surface area contributed by atoms with Crippen LogP contribution in [0.4, 0.5) is 0 Å². The summed E-state index contributed by atoms with van der Waals surface area (Å²) in [6, 6.07) is -5.11. The van der Waals surface area contributed by atoms with Crippen molar-refractivity contribution in [1.82, 2.24) is 47.9 Å². The lowest BCUT2D eigenvalue weighted by atomic mass is 10.00. The Morgan fingerprint density at radius 1 is 0.457 bits per heavy atom. The number of aliphatic carboxylic acids is 1. The first-order chi connectivity index (χ1) is 37.8. The number of aliphatic imine (C=N–C) groups is 2. The molecule has 0 bridgehead atoms. The number of benzene rings is 1. The molecule has 0 spiro atoms. The van der Waals surface area contributed by atoms with Crippen molar-refractivity contribution in [2.45, 2.75) is 174 Å². The Hall–Kier alpha value is -8.15. The summed E-state index contributed by atoms with van der Waals surface area (Å²) < 4.78 is 0. The number of rotatable bonds is 36. The van der Waals surface area contributed by atoms with Gasteiger partial charge in [0.15, 0.2) is 11.9 Å². The summed E-state index contributed by atoms with van der Waals surface area (Å²) in [5, 5.41) is 42.4. The van der Waals surface area contributed by atoms with Crippen molar-refractivity contribution in [3.05, 3.63) is 35.9 Å². The number of hydrogen-bond donors (Lipinski definition) is 17. The molecule has 1 aromatic carbocycles. The van der Waals surface area contributed by atoms with Gasteiger partial charge in [0.05, 0.1) is 12.1 Å². The zero-order valence-electron chi connectivity index (χ0n) is 47.6. The van der Waals surface area contributed by atoms with E-state index < -0.39 is 143 Å². The Kier molecular flexibility index (Phi) is 31.0. The second kappa shape index (κ2) is 35.5. The first kappa shape index (κ1) is 70.9. The molecule has 0 aliphatic carbocycles. The number of carboxylic acid groups (broad SMARTS) is 1. The van der Waals surface area contributed by atoms with Gasteiger partial charge in [0, 0.05) is 25.9 Å². The fraction of sp³-hybridized carbons (Fsp3) is 0.627. The number of guanidine groups is 2. The Bertz CT molecular complexity index is 2360. The highest BCUT2D eigenvalue weighted by molar-refractivity contribution is 5.99. The van der Waals surface area contributed by atoms with Gasteiger partial charge in [-0.3, -0.25) is 62.7 Å². The molecular weight excluding hydrogens is 1060 g/mol. The van der Waals surface area contributed by atoms with Gasteiger partial charge in [-0.25, -0.2) is 0 Å². The molecule has 0 radical (unpaired) electrons. The van der Waals surface area contributed by atoms with Crippen molar-refractivity contribution in [3.63, 3.8) is 0 Å². The average Bonchev–Trinajstić information content (AvgIpc) is 3.37. The van der Waals surface area contributed by atoms with Gasteiger partial charge in [-0.1, -0.05) is 71.9 Å². The third-order valence-corrected chi connectivity index (χ3v) is 12.4. The first-order valence-electron chi connectivity index (χ1n) is 26.6. The van der Waals surface area contributed by atoms with Crippen LogP contribution in [0.3, 0.4) is 0 Å². The van der Waals surface area contributed by atoms with Crippen LogP contribution in [-0.2, 0) is 59.2 Å². The van der Waals surface area contributed by atoms with Crippen LogP contribution in [0.5, 0.6) is 0 Å². The summed E-state index contributed by atoms with van der Waals surface area (Å²) in [5.41, 5.74) is 34.1. The van der Waals surface area contributed by atoms with E-state index in [0.29, 0.717) is 5.56 Å². The van der Waals surface area contributed by atoms with Crippen LogP contribution < -0.4 is 82.3 Å². The predicted octanol–water partition coefficient (Wildman–Crippen LogP) is -5.23. The average molecular weight is 1150 g/mol. The van der Waals surface area contributed by atoms with E-state index in [1.807, 2.05) is 0 Å². The molecule has 454 valence electrons. The van der Waals surface area contributed by atoms with E-state index in [1.165, 1.54) is 20.8 Å². The molecule has 1 rings (SSSR count). The van der Waals surface area contributed by atoms with Gasteiger partial charge in [-0.05, 0) is 76.2 Å². The Balaban J connectivity index is 3.50. The van der Waals surface area contributed by atoms with Crippen molar-refractivity contribution in [2.24, 2.45) is 62.1 Å². The number of nitrogens with two attached hydrogens (primary N) is 6. The summed E-state index contributed by atoms with van der Waals surface area (Å²) in [5.74, 6) is -12.2. The van der Waals surface area contributed by atoms with E-state index in [4.69, 9.17) is 34.4 Å². The predicted molar refractivity (Wildman–Crippen MR) is 299 cm³/mol. The molecule has 30 heteroatoms. The van der Waals surface area contributed by atoms with E-state index >= 15 is 0 Å². The van der Waals surface area contributed by atoms with Gasteiger partial charge in [-0.15, -0.1) is 0 Å². The van der Waals surface area contributed by atoms with Gasteiger partial charge < -0.3 is 92.5 Å². The normalized spacial score (nSPS) is 15.2. The third-order valence-electron chi connectivity index (χ3n) is 12.4. The second-order valence-corrected chi connectivity index (χ2v) is 20.6. The fourth-order valence-corrected chi connectivity index (χ4v) is 7.53. The van der Waals surface area contributed by atoms with Crippen molar-refractivity contribution in [1.29, 1.82) is 0 Å². The number of carbonyl (C=O) groups is 11. The molecule has 0 aliphatic heterocycles. The minimum Gasteiger partial charge on any atom is -0.480 e. The number of primary amides is 1. The number of hydrogen-bond acceptors (Lipinski definition) is 15. The van der Waals surface area contributed by atoms with Gasteiger partial charge >= 0.3 is 5.97 Å². The highest BCUT2D eigenvalue weighted by Gasteiger charge is 2.37. The molecule has 30 nitrogen and oxygen atoms in total. The highest BCUT2D eigenvalue weighted by Crippen LogP contribution is 2.12. The third kappa shape index (κ3) is 26.6. The number of aliphatic hydroxyl groups is 1. The smallest absolute Gasteiger partial charge is 0.325 e. The fourth-order valence-electron chi connectivity index (χ4n) is 7.53. The summed E-state index contributed by atoms with van der Waals surface area (Å²) in [6.07, 6.45) is -2.41. The number of carbonyl (C=O) groups excluding carboxylic acids is 10. The largest absolute Gasteiger partial charge is 0.480 e. The van der Waals surface area contributed by atoms with Gasteiger partial charge in [0.25, 0.3) is 0 Å². The van der Waals surface area contributed by atoms with Gasteiger partial charge in [0.2, 0.25) is 59.1 Å². The number of aliphatic hydroxyl groups excluding tert-OH is 1. The van der Waals surface area contributed by atoms with Gasteiger partial charge in [-0.2, -0.15) is 0 Å². The van der Waals surface area contributed by atoms with Crippen molar-refractivity contribution < 1.29 is 63.0 Å². The van der Waals surface area contributed by atoms with Gasteiger partial charge in [0.1, 0.15) is 54.4 Å². The lowest BCUT2D eigenvalue weighted by molar-refractivity contribution is -0.142. The standard InChI is InChI=1S/C51H87N17O13/c1-24(2)36(53)45(76)65-34(23-30-15-11-10-12-16-30)44(75)63-33(19-20-35(52)70)43(74)66-38(26(5)6)47(78)64-31(17-13-21-58-50(54)55)41(72)60-27(7)40(71)62-32(18-14-22-59-51(56)57)42(73)68-39(29(9)69)48(79)67-37(25(3)4)46(77)61-28(8)49(80)81/h10-12,15-16,24-29,31-34,36-39,69H,13-14,17-23,53H2,1-9H3,(H2,52,70)(H,60,72)(H,61,77)(H,62,71)(H,63,75)(H,64,78)(H,65,76)(H,66,74)(H,67,79)(H,68,73)(H,80,81)(H4,54,55,58)(H4,56,57,59)/t27-,28-,29+,31-,32-,33-,34-,36-,37-,38-,39-/m0/s1. The van der Waals surface area contributed by atoms with Crippen molar-refractivity contribution >= 4 is 77.0 Å². The van der Waals surface area contributed by atoms with Crippen LogP contribution in [0.2, 0.25) is 0 Å². The molecule has 1 aromatic rings. The van der Waals surface area contributed by atoms with E-state index in [1.54, 1.807) is 71.9 Å². The molecule has 81 heavy (non-hydrogen) atoms. The Labute approximate surface area is 471 Å². The summed E-state index contributed by atoms with van der Waals surface area (Å²) in [6.45, 7) is 13.4. The molecule has 0 fully saturated rings. The molecular formula is C51H87N17O13. The Morgan fingerprint density at radius 2 is 0.840 bits per heavy atom. The van der Waals surface area contributed by atoms with Crippen LogP contribution >= 0.6 is 0 Å². The molecule has 10 amide bonds. The van der Waals surface area contributed by atoms with Crippen molar-refractivity contribution in [3.8, 4) is 0 Å². The van der Waals surface area contributed by atoms with Crippen LogP contribution in [0.15, 0.2) is 40.3 Å². The van der Waals surface area contributed by atoms with Crippen LogP contribution in [0.25, 0.3) is 0 Å². The summed E-state index contributed by atoms with van der Waals surface area (Å²) >= 11 is 0. The number of amides is 10. The van der Waals surface area contributed by atoms with Crippen LogP contribution in [0, 0.1) is 17.8 Å². The molecule has 11 atom stereocenters. The van der Waals surface area contributed by atoms with Crippen molar-refractivity contribution in [2.75, 3.05) is 13.1 Å². The molecule has 0 saturated heterocycles. The number of nitrogens with one attached hydrogen (secondary N) is 9. The first-order valence-corrected chi connectivity index (χ1v) is 26.6. The molecule has 0 aromatic heterocycles. The number of carboxylic acids is 1. The van der Waals surface area contributed by atoms with E-state index in [9.17, 15) is 63.0 Å². The molecule has 0 aliphatic rings. The quantitative estimate of drug-likeness (QED) is 0.0170. The monoisotopic (exact) mass is 1150 g/mol. The maximum atomic E-state index is 14.2. The molecule has 0 saturated carbocycles. The van der Waals surface area contributed by atoms with E-state index in [-0.39, 0.29) is 75.9 Å². The maximum absolute atomic E-state index is 14.2. The highest BCUT2D eigenvalue weighted by atomic mass is 16.4. The molecule has 0 heterocycles. The lowest BCUT2D eigenvalue weighted by Crippen LogP contribution is -2.62. The Morgan fingerprint density at radius 3 is 1.28 bits per heavy atom. The van der Waals surface area contributed by atoms with E-state index in [0.717, 1.165) is 0 Å². The summed E-state index contributed by atoms with van der Waals surface area (Å²) in [4.78, 5) is 155. The van der Waals surface area contributed by atoms with Crippen LogP contribution in [0.1, 0.15) is 106 Å². The molecule has 23 N–H and O–H groups in total. The van der Waals surface area contributed by atoms with E-state index in [2.05, 4.69) is 57.8 Å². The lowest BCUT2D eigenvalue weighted by Gasteiger charge is -2.29. The molecule has 0 unspecified atom stereocenters. The topological polar surface area (TPSA) is 517 Å². The zero-order chi connectivity index (χ0) is 61.8. The summed E-state index contributed by atoms with van der Waals surface area (Å²) in [7, 11) is 0. The van der Waals surface area contributed by atoms with Crippen LogP contribution in [-0.4, -0.2) is 167 Å². The zero-order valence-corrected chi connectivity index (χ0v) is 47.6. The number of nitrogens with zero attached hydrogens (tertiary/aromatic N) is 2. The minimum absolute atomic E-state index is 0.00386. The maximum Gasteiger partial charge on any atom is 0.325 e. The SMILES string of the molecule is CC(C)[C@H](N)C(=O)N[C@@H](Cc1ccccc1)C(=O)N[C@@H](CCC(N)=O)C(=O)N[C@H](C(=O)N[C@@H](CCCN=C(N)N)C(=O)N[C@@H](C)C(=O)N[C@@H](CCCN=C(N)N)C(=O)N[C@H](C(=O)N[C@H](C(=O)N[C@@H](C)C(=O)O)C(C)C)[C@@H](C)O)C(C)C. The second-order valence-electron chi connectivity index (χ2n) is 20.6.